The molecule has 5 heteroatoms. The predicted octanol–water partition coefficient (Wildman–Crippen LogP) is 5.17. The van der Waals surface area contributed by atoms with Crippen LogP contribution in [0.5, 0.6) is 5.88 Å². The van der Waals surface area contributed by atoms with Gasteiger partial charge < -0.3 is 10.1 Å². The molecule has 1 amide bonds. The highest BCUT2D eigenvalue weighted by Crippen LogP contribution is 2.32. The molecule has 0 aliphatic rings. The second-order valence-electron chi connectivity index (χ2n) is 7.71. The number of aryl methyl sites for hydroxylation is 2. The van der Waals surface area contributed by atoms with Crippen molar-refractivity contribution in [1.82, 2.24) is 15.5 Å². The Bertz CT molecular complexity index is 1220. The SMILES string of the molecule is Cc1ccc(C)c(-c2nnc(OCC(=O)NC(C)c3ccccc3)c3ccccc23)c1. The Morgan fingerprint density at radius 1 is 0.935 bits per heavy atom. The largest absolute Gasteiger partial charge is 0.466 e. The highest BCUT2D eigenvalue weighted by Gasteiger charge is 2.15. The van der Waals surface area contributed by atoms with Crippen LogP contribution in [0.2, 0.25) is 0 Å². The summed E-state index contributed by atoms with van der Waals surface area (Å²) in [4.78, 5) is 12.4. The third-order valence-corrected chi connectivity index (χ3v) is 5.32. The van der Waals surface area contributed by atoms with Gasteiger partial charge in [0.25, 0.3) is 5.91 Å². The molecule has 1 unspecified atom stereocenters. The number of carbonyl (C=O) groups excluding carboxylic acids is 1. The van der Waals surface area contributed by atoms with E-state index in [1.54, 1.807) is 0 Å². The summed E-state index contributed by atoms with van der Waals surface area (Å²) >= 11 is 0. The number of rotatable bonds is 6. The van der Waals surface area contributed by atoms with E-state index in [2.05, 4.69) is 47.6 Å². The van der Waals surface area contributed by atoms with Crippen LogP contribution in [0.4, 0.5) is 0 Å². The number of hydrogen-bond donors (Lipinski definition) is 1. The van der Waals surface area contributed by atoms with Gasteiger partial charge in [-0.3, -0.25) is 4.79 Å². The molecule has 1 atom stereocenters. The topological polar surface area (TPSA) is 64.1 Å². The Balaban J connectivity index is 1.55. The first-order chi connectivity index (χ1) is 15.0. The minimum atomic E-state index is -0.208. The van der Waals surface area contributed by atoms with E-state index in [0.29, 0.717) is 5.88 Å². The maximum atomic E-state index is 12.4. The summed E-state index contributed by atoms with van der Waals surface area (Å²) in [5.41, 5.74) is 5.19. The number of hydrogen-bond acceptors (Lipinski definition) is 4. The second kappa shape index (κ2) is 8.96. The number of benzene rings is 3. The zero-order valence-electron chi connectivity index (χ0n) is 17.9. The molecule has 5 nitrogen and oxygen atoms in total. The molecular weight excluding hydrogens is 386 g/mol. The Hall–Kier alpha value is -3.73. The van der Waals surface area contributed by atoms with Gasteiger partial charge in [-0.25, -0.2) is 0 Å². The quantitative estimate of drug-likeness (QED) is 0.475. The van der Waals surface area contributed by atoms with E-state index >= 15 is 0 Å². The summed E-state index contributed by atoms with van der Waals surface area (Å²) in [5.74, 6) is 0.146. The molecule has 0 saturated heterocycles. The van der Waals surface area contributed by atoms with E-state index in [4.69, 9.17) is 4.74 Å². The summed E-state index contributed by atoms with van der Waals surface area (Å²) in [6, 6.07) is 23.9. The fourth-order valence-corrected chi connectivity index (χ4v) is 3.62. The zero-order chi connectivity index (χ0) is 21.8. The fourth-order valence-electron chi connectivity index (χ4n) is 3.62. The van der Waals surface area contributed by atoms with Crippen molar-refractivity contribution in [3.63, 3.8) is 0 Å². The van der Waals surface area contributed by atoms with Crippen LogP contribution in [0.1, 0.15) is 29.7 Å². The highest BCUT2D eigenvalue weighted by molar-refractivity contribution is 5.97. The van der Waals surface area contributed by atoms with Crippen LogP contribution in [0.3, 0.4) is 0 Å². The van der Waals surface area contributed by atoms with Crippen LogP contribution in [0.25, 0.3) is 22.0 Å². The third-order valence-electron chi connectivity index (χ3n) is 5.32. The Labute approximate surface area is 182 Å². The van der Waals surface area contributed by atoms with Crippen LogP contribution in [0, 0.1) is 13.8 Å². The van der Waals surface area contributed by atoms with Gasteiger partial charge in [0.1, 0.15) is 5.69 Å². The number of fused-ring (bicyclic) bond motifs is 1. The summed E-state index contributed by atoms with van der Waals surface area (Å²) in [6.45, 7) is 5.94. The molecule has 0 fully saturated rings. The minimum absolute atomic E-state index is 0.105. The van der Waals surface area contributed by atoms with E-state index in [1.165, 1.54) is 0 Å². The van der Waals surface area contributed by atoms with Crippen LogP contribution in [-0.4, -0.2) is 22.7 Å². The lowest BCUT2D eigenvalue weighted by molar-refractivity contribution is -0.123. The molecule has 0 bridgehead atoms. The van der Waals surface area contributed by atoms with Crippen molar-refractivity contribution in [1.29, 1.82) is 0 Å². The van der Waals surface area contributed by atoms with Crippen molar-refractivity contribution in [3.05, 3.63) is 89.5 Å². The smallest absolute Gasteiger partial charge is 0.258 e. The maximum absolute atomic E-state index is 12.4. The van der Waals surface area contributed by atoms with Crippen LogP contribution >= 0.6 is 0 Å². The van der Waals surface area contributed by atoms with Gasteiger partial charge >= 0.3 is 0 Å². The monoisotopic (exact) mass is 411 g/mol. The van der Waals surface area contributed by atoms with Crippen molar-refractivity contribution in [2.45, 2.75) is 26.8 Å². The van der Waals surface area contributed by atoms with Gasteiger partial charge in [-0.2, -0.15) is 0 Å². The molecule has 1 N–H and O–H groups in total. The first-order valence-corrected chi connectivity index (χ1v) is 10.3. The molecule has 0 aliphatic heterocycles. The lowest BCUT2D eigenvalue weighted by Gasteiger charge is -2.15. The van der Waals surface area contributed by atoms with Gasteiger partial charge in [-0.05, 0) is 44.0 Å². The van der Waals surface area contributed by atoms with Gasteiger partial charge in [-0.15, -0.1) is 10.2 Å². The van der Waals surface area contributed by atoms with Gasteiger partial charge in [-0.1, -0.05) is 66.2 Å². The lowest BCUT2D eigenvalue weighted by atomic mass is 9.99. The summed E-state index contributed by atoms with van der Waals surface area (Å²) in [6.07, 6.45) is 0. The molecule has 3 aromatic carbocycles. The lowest BCUT2D eigenvalue weighted by Crippen LogP contribution is -2.31. The fraction of sp³-hybridized carbons (Fsp3) is 0.192. The molecule has 1 heterocycles. The van der Waals surface area contributed by atoms with Gasteiger partial charge in [0.2, 0.25) is 5.88 Å². The first kappa shape index (κ1) is 20.5. The molecule has 31 heavy (non-hydrogen) atoms. The van der Waals surface area contributed by atoms with Crippen molar-refractivity contribution in [2.75, 3.05) is 6.61 Å². The van der Waals surface area contributed by atoms with Gasteiger partial charge in [0, 0.05) is 16.3 Å². The van der Waals surface area contributed by atoms with E-state index < -0.39 is 0 Å². The van der Waals surface area contributed by atoms with Gasteiger partial charge in [0.15, 0.2) is 6.61 Å². The zero-order valence-corrected chi connectivity index (χ0v) is 17.9. The average molecular weight is 412 g/mol. The van der Waals surface area contributed by atoms with Crippen LogP contribution in [-0.2, 0) is 4.79 Å². The molecule has 4 aromatic rings. The van der Waals surface area contributed by atoms with E-state index in [0.717, 1.165) is 38.7 Å². The van der Waals surface area contributed by atoms with Crippen molar-refractivity contribution in [2.24, 2.45) is 0 Å². The second-order valence-corrected chi connectivity index (χ2v) is 7.71. The Morgan fingerprint density at radius 2 is 1.65 bits per heavy atom. The standard InChI is InChI=1S/C26H25N3O2/c1-17-13-14-18(2)23(15-17)25-21-11-7-8-12-22(21)26(29-28-25)31-16-24(30)27-19(3)20-9-5-4-6-10-20/h4-15,19H,16H2,1-3H3,(H,27,30). The van der Waals surface area contributed by atoms with E-state index in [-0.39, 0.29) is 18.6 Å². The minimum Gasteiger partial charge on any atom is -0.466 e. The van der Waals surface area contributed by atoms with Crippen LogP contribution in [0.15, 0.2) is 72.8 Å². The van der Waals surface area contributed by atoms with Crippen molar-refractivity contribution < 1.29 is 9.53 Å². The molecular formula is C26H25N3O2. The summed E-state index contributed by atoms with van der Waals surface area (Å²) < 4.78 is 5.78. The molecule has 156 valence electrons. The molecule has 0 spiro atoms. The number of ether oxygens (including phenoxy) is 1. The van der Waals surface area contributed by atoms with E-state index in [9.17, 15) is 4.79 Å². The molecule has 0 radical (unpaired) electrons. The molecule has 1 aromatic heterocycles. The number of nitrogens with one attached hydrogen (secondary N) is 1. The normalized spacial score (nSPS) is 11.8. The predicted molar refractivity (Wildman–Crippen MR) is 123 cm³/mol. The Morgan fingerprint density at radius 3 is 2.42 bits per heavy atom. The first-order valence-electron chi connectivity index (χ1n) is 10.3. The van der Waals surface area contributed by atoms with Crippen LogP contribution < -0.4 is 10.1 Å². The number of aromatic nitrogens is 2. The van der Waals surface area contributed by atoms with Gasteiger partial charge in [0.05, 0.1) is 6.04 Å². The maximum Gasteiger partial charge on any atom is 0.258 e. The molecule has 4 rings (SSSR count). The van der Waals surface area contributed by atoms with Crippen molar-refractivity contribution >= 4 is 16.7 Å². The number of nitrogens with zero attached hydrogens (tertiary/aromatic N) is 2. The highest BCUT2D eigenvalue weighted by atomic mass is 16.5. The number of amides is 1. The van der Waals surface area contributed by atoms with E-state index in [1.807, 2.05) is 61.5 Å². The number of carbonyl (C=O) groups is 1. The summed E-state index contributed by atoms with van der Waals surface area (Å²) in [5, 5.41) is 13.5. The average Bonchev–Trinajstić information content (AvgIpc) is 2.79. The Kier molecular flexibility index (Phi) is 5.94. The molecule has 0 aliphatic carbocycles. The molecule has 0 saturated carbocycles. The third kappa shape index (κ3) is 4.56. The van der Waals surface area contributed by atoms with Crippen molar-refractivity contribution in [3.8, 4) is 17.1 Å². The summed E-state index contributed by atoms with van der Waals surface area (Å²) in [7, 11) is 0.